The van der Waals surface area contributed by atoms with Crippen LogP contribution in [0.1, 0.15) is 24.4 Å². The SMILES string of the molecule is C=CC(=O)NC(c1ccc(F)cc1)C1CC1. The third-order valence-corrected chi connectivity index (χ3v) is 2.81. The molecule has 1 aliphatic rings. The molecule has 84 valence electrons. The summed E-state index contributed by atoms with van der Waals surface area (Å²) in [5.74, 6) is 0.0453. The molecule has 0 heterocycles. The van der Waals surface area contributed by atoms with Gasteiger partial charge >= 0.3 is 0 Å². The summed E-state index contributed by atoms with van der Waals surface area (Å²) in [7, 11) is 0. The van der Waals surface area contributed by atoms with Crippen molar-refractivity contribution in [2.45, 2.75) is 18.9 Å². The van der Waals surface area contributed by atoms with Gasteiger partial charge in [0.2, 0.25) is 5.91 Å². The summed E-state index contributed by atoms with van der Waals surface area (Å²) >= 11 is 0. The molecule has 0 radical (unpaired) electrons. The van der Waals surface area contributed by atoms with Crippen LogP contribution >= 0.6 is 0 Å². The van der Waals surface area contributed by atoms with Gasteiger partial charge in [0, 0.05) is 0 Å². The van der Waals surface area contributed by atoms with Crippen molar-refractivity contribution in [1.29, 1.82) is 0 Å². The van der Waals surface area contributed by atoms with Gasteiger partial charge < -0.3 is 5.32 Å². The van der Waals surface area contributed by atoms with Crippen LogP contribution in [0, 0.1) is 11.7 Å². The Labute approximate surface area is 94.2 Å². The van der Waals surface area contributed by atoms with Crippen LogP contribution in [-0.2, 0) is 4.79 Å². The summed E-state index contributed by atoms with van der Waals surface area (Å²) < 4.78 is 12.8. The minimum absolute atomic E-state index is 0.00824. The number of rotatable bonds is 4. The van der Waals surface area contributed by atoms with E-state index in [2.05, 4.69) is 11.9 Å². The third-order valence-electron chi connectivity index (χ3n) is 2.81. The fourth-order valence-electron chi connectivity index (χ4n) is 1.79. The Hall–Kier alpha value is -1.64. The maximum atomic E-state index is 12.8. The van der Waals surface area contributed by atoms with E-state index < -0.39 is 0 Å². The van der Waals surface area contributed by atoms with Gasteiger partial charge in [0.05, 0.1) is 6.04 Å². The van der Waals surface area contributed by atoms with Gasteiger partial charge in [0.25, 0.3) is 0 Å². The monoisotopic (exact) mass is 219 g/mol. The lowest BCUT2D eigenvalue weighted by molar-refractivity contribution is -0.117. The van der Waals surface area contributed by atoms with Gasteiger partial charge in [-0.25, -0.2) is 4.39 Å². The first-order chi connectivity index (χ1) is 7.70. The van der Waals surface area contributed by atoms with Gasteiger partial charge in [-0.3, -0.25) is 4.79 Å². The van der Waals surface area contributed by atoms with E-state index >= 15 is 0 Å². The molecule has 3 heteroatoms. The summed E-state index contributed by atoms with van der Waals surface area (Å²) in [6.07, 6.45) is 3.48. The first kappa shape index (κ1) is 10.9. The quantitative estimate of drug-likeness (QED) is 0.775. The first-order valence-corrected chi connectivity index (χ1v) is 5.39. The summed E-state index contributed by atoms with van der Waals surface area (Å²) in [6.45, 7) is 3.43. The molecule has 0 saturated heterocycles. The normalized spacial score (nSPS) is 16.6. The lowest BCUT2D eigenvalue weighted by Gasteiger charge is -2.17. The van der Waals surface area contributed by atoms with Gasteiger partial charge in [0.15, 0.2) is 0 Å². The molecule has 1 saturated carbocycles. The molecule has 1 aromatic carbocycles. The van der Waals surface area contributed by atoms with Gasteiger partial charge in [-0.1, -0.05) is 18.7 Å². The lowest BCUT2D eigenvalue weighted by atomic mass is 10.0. The standard InChI is InChI=1S/C13H14FNO/c1-2-12(16)15-13(9-3-4-9)10-5-7-11(14)8-6-10/h2,5-9,13H,1,3-4H2,(H,15,16). The second-order valence-electron chi connectivity index (χ2n) is 4.08. The molecule has 1 unspecified atom stereocenters. The Morgan fingerprint density at radius 3 is 2.56 bits per heavy atom. The number of hydrogen-bond acceptors (Lipinski definition) is 1. The van der Waals surface area contributed by atoms with E-state index in [1.54, 1.807) is 12.1 Å². The van der Waals surface area contributed by atoms with E-state index in [0.717, 1.165) is 18.4 Å². The Morgan fingerprint density at radius 1 is 1.44 bits per heavy atom. The highest BCUT2D eigenvalue weighted by molar-refractivity contribution is 5.87. The van der Waals surface area contributed by atoms with Crippen molar-refractivity contribution >= 4 is 5.91 Å². The third kappa shape index (κ3) is 2.48. The molecule has 1 fully saturated rings. The first-order valence-electron chi connectivity index (χ1n) is 5.39. The summed E-state index contributed by atoms with van der Waals surface area (Å²) in [5.41, 5.74) is 0.958. The number of nitrogens with one attached hydrogen (secondary N) is 1. The molecule has 1 aliphatic carbocycles. The number of carbonyl (C=O) groups excluding carboxylic acids is 1. The van der Waals surface area contributed by atoms with Crippen molar-refractivity contribution in [3.63, 3.8) is 0 Å². The van der Waals surface area contributed by atoms with Crippen molar-refractivity contribution in [2.75, 3.05) is 0 Å². The Bertz CT molecular complexity index is 395. The zero-order chi connectivity index (χ0) is 11.5. The predicted octanol–water partition coefficient (Wildman–Crippen LogP) is 2.58. The zero-order valence-electron chi connectivity index (χ0n) is 8.95. The molecule has 1 N–H and O–H groups in total. The van der Waals surface area contributed by atoms with Crippen molar-refractivity contribution in [1.82, 2.24) is 5.32 Å². The smallest absolute Gasteiger partial charge is 0.243 e. The van der Waals surface area contributed by atoms with Crippen LogP contribution in [0.25, 0.3) is 0 Å². The molecular formula is C13H14FNO. The maximum absolute atomic E-state index is 12.8. The van der Waals surface area contributed by atoms with Gasteiger partial charge in [-0.15, -0.1) is 0 Å². The highest BCUT2D eigenvalue weighted by Crippen LogP contribution is 2.40. The number of halogens is 1. The minimum Gasteiger partial charge on any atom is -0.345 e. The van der Waals surface area contributed by atoms with Crippen LogP contribution in [0.2, 0.25) is 0 Å². The predicted molar refractivity (Wildman–Crippen MR) is 60.2 cm³/mol. The average molecular weight is 219 g/mol. The van der Waals surface area contributed by atoms with Crippen molar-refractivity contribution in [3.05, 3.63) is 48.3 Å². The van der Waals surface area contributed by atoms with Crippen LogP contribution in [-0.4, -0.2) is 5.91 Å². The van der Waals surface area contributed by atoms with E-state index in [9.17, 15) is 9.18 Å². The molecule has 2 rings (SSSR count). The second-order valence-corrected chi connectivity index (χ2v) is 4.08. The van der Waals surface area contributed by atoms with Crippen molar-refractivity contribution in [3.8, 4) is 0 Å². The topological polar surface area (TPSA) is 29.1 Å². The molecule has 1 atom stereocenters. The number of amides is 1. The molecule has 0 aliphatic heterocycles. The maximum Gasteiger partial charge on any atom is 0.243 e. The van der Waals surface area contributed by atoms with E-state index in [1.165, 1.54) is 18.2 Å². The van der Waals surface area contributed by atoms with Gasteiger partial charge in [-0.2, -0.15) is 0 Å². The molecule has 2 nitrogen and oxygen atoms in total. The van der Waals surface area contributed by atoms with Crippen LogP contribution in [0.3, 0.4) is 0 Å². The lowest BCUT2D eigenvalue weighted by Crippen LogP contribution is -2.28. The van der Waals surface area contributed by atoms with Crippen LogP contribution in [0.4, 0.5) is 4.39 Å². The fraction of sp³-hybridized carbons (Fsp3) is 0.308. The van der Waals surface area contributed by atoms with Crippen LogP contribution in [0.15, 0.2) is 36.9 Å². The molecule has 16 heavy (non-hydrogen) atoms. The van der Waals surface area contributed by atoms with Crippen LogP contribution < -0.4 is 5.32 Å². The number of benzene rings is 1. The van der Waals surface area contributed by atoms with E-state index in [1.807, 2.05) is 0 Å². The Morgan fingerprint density at radius 2 is 2.06 bits per heavy atom. The largest absolute Gasteiger partial charge is 0.345 e. The second kappa shape index (κ2) is 4.47. The van der Waals surface area contributed by atoms with E-state index in [0.29, 0.717) is 5.92 Å². The van der Waals surface area contributed by atoms with Crippen molar-refractivity contribution < 1.29 is 9.18 Å². The van der Waals surface area contributed by atoms with Crippen LogP contribution in [0.5, 0.6) is 0 Å². The highest BCUT2D eigenvalue weighted by Gasteiger charge is 2.32. The van der Waals surface area contributed by atoms with Crippen molar-refractivity contribution in [2.24, 2.45) is 5.92 Å². The molecular weight excluding hydrogens is 205 g/mol. The minimum atomic E-state index is -0.256. The fourth-order valence-corrected chi connectivity index (χ4v) is 1.79. The molecule has 1 aromatic rings. The molecule has 0 spiro atoms. The Kier molecular flexibility index (Phi) is 3.04. The number of carbonyl (C=O) groups is 1. The molecule has 0 aromatic heterocycles. The summed E-state index contributed by atoms with van der Waals surface area (Å²) in [6, 6.07) is 6.28. The number of hydrogen-bond donors (Lipinski definition) is 1. The average Bonchev–Trinajstić information content (AvgIpc) is 3.11. The zero-order valence-corrected chi connectivity index (χ0v) is 8.95. The Balaban J connectivity index is 2.15. The summed E-state index contributed by atoms with van der Waals surface area (Å²) in [4.78, 5) is 11.3. The van der Waals surface area contributed by atoms with E-state index in [-0.39, 0.29) is 17.8 Å². The molecule has 1 amide bonds. The van der Waals surface area contributed by atoms with Gasteiger partial charge in [-0.05, 0) is 42.5 Å². The highest BCUT2D eigenvalue weighted by atomic mass is 19.1. The van der Waals surface area contributed by atoms with E-state index in [4.69, 9.17) is 0 Å². The molecule has 0 bridgehead atoms. The summed E-state index contributed by atoms with van der Waals surface area (Å²) in [5, 5.41) is 2.88. The van der Waals surface area contributed by atoms with Gasteiger partial charge in [0.1, 0.15) is 5.82 Å².